The molecule has 1 aromatic rings. The molecule has 2 nitrogen and oxygen atoms in total. The molecule has 2 heteroatoms. The van der Waals surface area contributed by atoms with E-state index in [1.807, 2.05) is 0 Å². The lowest BCUT2D eigenvalue weighted by atomic mass is 10.0. The molecule has 1 aliphatic rings. The minimum atomic E-state index is 0.777. The molecule has 1 aromatic heterocycles. The molecular weight excluding hydrogens is 162 g/mol. The molecule has 0 unspecified atom stereocenters. The highest BCUT2D eigenvalue weighted by Crippen LogP contribution is 2.30. The first-order valence-corrected chi connectivity index (χ1v) is 5.13. The third-order valence-electron chi connectivity index (χ3n) is 2.86. The summed E-state index contributed by atoms with van der Waals surface area (Å²) < 4.78 is 5.71. The predicted octanol–water partition coefficient (Wildman–Crippen LogP) is 1.97. The molecule has 72 valence electrons. The summed E-state index contributed by atoms with van der Waals surface area (Å²) in [6.45, 7) is 2.85. The van der Waals surface area contributed by atoms with Crippen molar-refractivity contribution in [3.63, 3.8) is 0 Å². The van der Waals surface area contributed by atoms with Gasteiger partial charge in [0.25, 0.3) is 0 Å². The van der Waals surface area contributed by atoms with Crippen LogP contribution in [0, 0.1) is 6.92 Å². The lowest BCUT2D eigenvalue weighted by Gasteiger charge is -1.99. The third kappa shape index (κ3) is 1.51. The fraction of sp³-hybridized carbons (Fsp3) is 0.636. The second-order valence-electron chi connectivity index (χ2n) is 3.78. The van der Waals surface area contributed by atoms with E-state index in [2.05, 4.69) is 6.92 Å². The van der Waals surface area contributed by atoms with Crippen LogP contribution in [0.25, 0.3) is 0 Å². The summed E-state index contributed by atoms with van der Waals surface area (Å²) in [6.07, 6.45) is 5.80. The molecule has 13 heavy (non-hydrogen) atoms. The Bertz CT molecular complexity index is 301. The van der Waals surface area contributed by atoms with Gasteiger partial charge in [0.1, 0.15) is 11.5 Å². The van der Waals surface area contributed by atoms with E-state index in [1.54, 1.807) is 0 Å². The van der Waals surface area contributed by atoms with Gasteiger partial charge in [-0.1, -0.05) is 0 Å². The van der Waals surface area contributed by atoms with Gasteiger partial charge < -0.3 is 10.2 Å². The van der Waals surface area contributed by atoms with Crippen molar-refractivity contribution in [3.8, 4) is 0 Å². The Morgan fingerprint density at radius 3 is 3.00 bits per heavy atom. The minimum Gasteiger partial charge on any atom is -0.466 e. The SMILES string of the molecule is Cc1oc2c(c1CCCN)CCC2. The Morgan fingerprint density at radius 1 is 1.38 bits per heavy atom. The molecule has 0 aromatic carbocycles. The molecule has 0 spiro atoms. The monoisotopic (exact) mass is 179 g/mol. The van der Waals surface area contributed by atoms with E-state index in [9.17, 15) is 0 Å². The number of aryl methyl sites for hydroxylation is 2. The molecule has 0 fully saturated rings. The van der Waals surface area contributed by atoms with E-state index < -0.39 is 0 Å². The molecule has 2 rings (SSSR count). The van der Waals surface area contributed by atoms with Crippen LogP contribution in [0.2, 0.25) is 0 Å². The molecule has 1 aliphatic carbocycles. The summed E-state index contributed by atoms with van der Waals surface area (Å²) in [5, 5.41) is 0. The number of furan rings is 1. The van der Waals surface area contributed by atoms with E-state index >= 15 is 0 Å². The zero-order valence-electron chi connectivity index (χ0n) is 8.23. The highest BCUT2D eigenvalue weighted by molar-refractivity contribution is 5.36. The maximum absolute atomic E-state index is 5.71. The van der Waals surface area contributed by atoms with Gasteiger partial charge in [0.2, 0.25) is 0 Å². The zero-order valence-corrected chi connectivity index (χ0v) is 8.23. The number of fused-ring (bicyclic) bond motifs is 1. The van der Waals surface area contributed by atoms with Gasteiger partial charge in [-0.3, -0.25) is 0 Å². The average molecular weight is 179 g/mol. The van der Waals surface area contributed by atoms with Crippen LogP contribution in [-0.4, -0.2) is 6.54 Å². The van der Waals surface area contributed by atoms with Crippen molar-refractivity contribution >= 4 is 0 Å². The molecule has 1 heterocycles. The molecule has 2 N–H and O–H groups in total. The first kappa shape index (κ1) is 8.82. The second kappa shape index (κ2) is 3.54. The molecule has 0 radical (unpaired) electrons. The van der Waals surface area contributed by atoms with E-state index in [0.717, 1.165) is 31.6 Å². The summed E-state index contributed by atoms with van der Waals surface area (Å²) in [7, 11) is 0. The Balaban J connectivity index is 2.22. The zero-order chi connectivity index (χ0) is 9.26. The van der Waals surface area contributed by atoms with Gasteiger partial charge in [0, 0.05) is 6.42 Å². The fourth-order valence-electron chi connectivity index (χ4n) is 2.21. The minimum absolute atomic E-state index is 0.777. The molecular formula is C11H17NO. The van der Waals surface area contributed by atoms with Crippen LogP contribution in [-0.2, 0) is 19.3 Å². The molecule has 0 atom stereocenters. The molecule has 0 aliphatic heterocycles. The fourth-order valence-corrected chi connectivity index (χ4v) is 2.21. The summed E-state index contributed by atoms with van der Waals surface area (Å²) in [5.74, 6) is 2.36. The molecule has 0 saturated heterocycles. The van der Waals surface area contributed by atoms with Gasteiger partial charge in [0.15, 0.2) is 0 Å². The van der Waals surface area contributed by atoms with Crippen LogP contribution in [0.5, 0.6) is 0 Å². The van der Waals surface area contributed by atoms with Gasteiger partial charge in [-0.05, 0) is 50.3 Å². The van der Waals surface area contributed by atoms with E-state index in [-0.39, 0.29) is 0 Å². The number of rotatable bonds is 3. The Morgan fingerprint density at radius 2 is 2.23 bits per heavy atom. The van der Waals surface area contributed by atoms with E-state index in [1.165, 1.54) is 29.7 Å². The summed E-state index contributed by atoms with van der Waals surface area (Å²) in [6, 6.07) is 0. The van der Waals surface area contributed by atoms with Crippen LogP contribution >= 0.6 is 0 Å². The van der Waals surface area contributed by atoms with Crippen molar-refractivity contribution in [1.82, 2.24) is 0 Å². The number of nitrogens with two attached hydrogens (primary N) is 1. The van der Waals surface area contributed by atoms with Crippen LogP contribution in [0.4, 0.5) is 0 Å². The smallest absolute Gasteiger partial charge is 0.107 e. The predicted molar refractivity (Wildman–Crippen MR) is 52.8 cm³/mol. The maximum Gasteiger partial charge on any atom is 0.107 e. The van der Waals surface area contributed by atoms with Crippen LogP contribution in [0.3, 0.4) is 0 Å². The van der Waals surface area contributed by atoms with Gasteiger partial charge in [-0.25, -0.2) is 0 Å². The van der Waals surface area contributed by atoms with Gasteiger partial charge in [0.05, 0.1) is 0 Å². The topological polar surface area (TPSA) is 39.2 Å². The lowest BCUT2D eigenvalue weighted by Crippen LogP contribution is -2.01. The molecule has 0 saturated carbocycles. The van der Waals surface area contributed by atoms with Crippen LogP contribution in [0.1, 0.15) is 35.5 Å². The molecule has 0 bridgehead atoms. The first-order chi connectivity index (χ1) is 6.33. The van der Waals surface area contributed by atoms with E-state index in [0.29, 0.717) is 0 Å². The summed E-state index contributed by atoms with van der Waals surface area (Å²) in [4.78, 5) is 0. The lowest BCUT2D eigenvalue weighted by molar-refractivity contribution is 0.484. The average Bonchev–Trinajstić information content (AvgIpc) is 2.62. The summed E-state index contributed by atoms with van der Waals surface area (Å²) in [5.41, 5.74) is 8.44. The highest BCUT2D eigenvalue weighted by atomic mass is 16.3. The van der Waals surface area contributed by atoms with Crippen molar-refractivity contribution in [1.29, 1.82) is 0 Å². The first-order valence-electron chi connectivity index (χ1n) is 5.13. The van der Waals surface area contributed by atoms with Crippen molar-refractivity contribution < 1.29 is 4.42 Å². The van der Waals surface area contributed by atoms with Gasteiger partial charge >= 0.3 is 0 Å². The van der Waals surface area contributed by atoms with Gasteiger partial charge in [-0.15, -0.1) is 0 Å². The summed E-state index contributed by atoms with van der Waals surface area (Å²) >= 11 is 0. The number of hydrogen-bond donors (Lipinski definition) is 1. The maximum atomic E-state index is 5.71. The second-order valence-corrected chi connectivity index (χ2v) is 3.78. The van der Waals surface area contributed by atoms with Crippen LogP contribution < -0.4 is 5.73 Å². The normalized spacial score (nSPS) is 14.9. The Kier molecular flexibility index (Phi) is 2.40. The van der Waals surface area contributed by atoms with Crippen molar-refractivity contribution in [2.45, 2.75) is 39.0 Å². The Labute approximate surface area is 79.1 Å². The van der Waals surface area contributed by atoms with E-state index in [4.69, 9.17) is 10.2 Å². The van der Waals surface area contributed by atoms with Crippen LogP contribution in [0.15, 0.2) is 4.42 Å². The molecule has 0 amide bonds. The van der Waals surface area contributed by atoms with Crippen molar-refractivity contribution in [2.75, 3.05) is 6.54 Å². The largest absolute Gasteiger partial charge is 0.466 e. The number of hydrogen-bond acceptors (Lipinski definition) is 2. The highest BCUT2D eigenvalue weighted by Gasteiger charge is 2.21. The van der Waals surface area contributed by atoms with Crippen molar-refractivity contribution in [3.05, 3.63) is 22.6 Å². The Hall–Kier alpha value is -0.760. The van der Waals surface area contributed by atoms with Crippen molar-refractivity contribution in [2.24, 2.45) is 5.73 Å². The third-order valence-corrected chi connectivity index (χ3v) is 2.86. The van der Waals surface area contributed by atoms with Gasteiger partial charge in [-0.2, -0.15) is 0 Å². The standard InChI is InChI=1S/C11H17NO/c1-8-9(5-3-7-12)10-4-2-6-11(10)13-8/h2-7,12H2,1H3. The quantitative estimate of drug-likeness (QED) is 0.770.